The minimum atomic E-state index is -4.61. The minimum Gasteiger partial charge on any atom is -0.508 e. The van der Waals surface area contributed by atoms with E-state index in [1.165, 1.54) is 0 Å². The standard InChI is InChI=1S/C15H14F3NO2/c1-9-3-2-4-13(19)11(9)8-21-14-6-5-10(20)7-12(14)15(16,17)18/h2-7,20H,8,19H2,1H3. The lowest BCUT2D eigenvalue weighted by atomic mass is 10.1. The SMILES string of the molecule is Cc1cccc(N)c1COc1ccc(O)cc1C(F)(F)F. The molecule has 6 heteroatoms. The molecule has 0 spiro atoms. The number of ether oxygens (including phenoxy) is 1. The number of nitrogen functional groups attached to an aromatic ring is 1. The van der Waals surface area contributed by atoms with E-state index in [-0.39, 0.29) is 12.4 Å². The van der Waals surface area contributed by atoms with E-state index in [1.54, 1.807) is 25.1 Å². The maximum absolute atomic E-state index is 12.9. The molecule has 2 aromatic carbocycles. The molecule has 3 N–H and O–H groups in total. The van der Waals surface area contributed by atoms with Crippen LogP contribution in [0.4, 0.5) is 18.9 Å². The molecule has 2 aromatic rings. The van der Waals surface area contributed by atoms with Crippen LogP contribution in [-0.4, -0.2) is 5.11 Å². The van der Waals surface area contributed by atoms with Gasteiger partial charge in [0.15, 0.2) is 0 Å². The highest BCUT2D eigenvalue weighted by Gasteiger charge is 2.34. The van der Waals surface area contributed by atoms with Crippen molar-refractivity contribution in [1.29, 1.82) is 0 Å². The lowest BCUT2D eigenvalue weighted by molar-refractivity contribution is -0.139. The van der Waals surface area contributed by atoms with Gasteiger partial charge >= 0.3 is 6.18 Å². The van der Waals surface area contributed by atoms with Crippen molar-refractivity contribution in [3.05, 3.63) is 53.1 Å². The van der Waals surface area contributed by atoms with Gasteiger partial charge in [-0.1, -0.05) is 12.1 Å². The zero-order valence-corrected chi connectivity index (χ0v) is 11.2. The molecule has 21 heavy (non-hydrogen) atoms. The van der Waals surface area contributed by atoms with Crippen LogP contribution in [0.3, 0.4) is 0 Å². The number of aryl methyl sites for hydroxylation is 1. The minimum absolute atomic E-state index is 0.0770. The van der Waals surface area contributed by atoms with Crippen molar-refractivity contribution >= 4 is 5.69 Å². The Hall–Kier alpha value is -2.37. The molecule has 112 valence electrons. The fraction of sp³-hybridized carbons (Fsp3) is 0.200. The zero-order chi connectivity index (χ0) is 15.6. The van der Waals surface area contributed by atoms with E-state index in [0.29, 0.717) is 17.3 Å². The second-order valence-corrected chi connectivity index (χ2v) is 4.61. The van der Waals surface area contributed by atoms with Gasteiger partial charge in [-0.15, -0.1) is 0 Å². The number of aromatic hydroxyl groups is 1. The van der Waals surface area contributed by atoms with Gasteiger partial charge in [0.1, 0.15) is 23.7 Å². The smallest absolute Gasteiger partial charge is 0.420 e. The second-order valence-electron chi connectivity index (χ2n) is 4.61. The summed E-state index contributed by atoms with van der Waals surface area (Å²) < 4.78 is 43.9. The van der Waals surface area contributed by atoms with Gasteiger partial charge < -0.3 is 15.6 Å². The Kier molecular flexibility index (Phi) is 3.97. The molecule has 0 unspecified atom stereocenters. The predicted molar refractivity (Wildman–Crippen MR) is 73.0 cm³/mol. The summed E-state index contributed by atoms with van der Waals surface area (Å²) in [6, 6.07) is 8.09. The normalized spacial score (nSPS) is 11.4. The average molecular weight is 297 g/mol. The van der Waals surface area contributed by atoms with Crippen LogP contribution in [0.25, 0.3) is 0 Å². The number of hydrogen-bond donors (Lipinski definition) is 2. The molecule has 0 aromatic heterocycles. The predicted octanol–water partition coefficient (Wildman–Crippen LogP) is 3.88. The highest BCUT2D eigenvalue weighted by Crippen LogP contribution is 2.38. The number of anilines is 1. The maximum atomic E-state index is 12.9. The number of rotatable bonds is 3. The van der Waals surface area contributed by atoms with Crippen LogP contribution >= 0.6 is 0 Å². The molecule has 0 saturated carbocycles. The van der Waals surface area contributed by atoms with Crippen molar-refractivity contribution < 1.29 is 23.0 Å². The molecule has 0 heterocycles. The first-order valence-electron chi connectivity index (χ1n) is 6.16. The molecule has 3 nitrogen and oxygen atoms in total. The number of hydrogen-bond acceptors (Lipinski definition) is 3. The van der Waals surface area contributed by atoms with E-state index < -0.39 is 17.5 Å². The molecule has 0 saturated heterocycles. The van der Waals surface area contributed by atoms with Crippen LogP contribution in [0, 0.1) is 6.92 Å². The van der Waals surface area contributed by atoms with Crippen molar-refractivity contribution in [2.45, 2.75) is 19.7 Å². The second kappa shape index (κ2) is 5.55. The summed E-state index contributed by atoms with van der Waals surface area (Å²) in [5.41, 5.74) is 6.71. The van der Waals surface area contributed by atoms with E-state index in [1.807, 2.05) is 0 Å². The summed E-state index contributed by atoms with van der Waals surface area (Å²) in [6.45, 7) is 1.73. The number of nitrogens with two attached hydrogens (primary N) is 1. The lowest BCUT2D eigenvalue weighted by Gasteiger charge is -2.16. The summed E-state index contributed by atoms with van der Waals surface area (Å²) >= 11 is 0. The summed E-state index contributed by atoms with van der Waals surface area (Å²) in [7, 11) is 0. The number of phenols is 1. The summed E-state index contributed by atoms with van der Waals surface area (Å²) in [5, 5.41) is 9.20. The largest absolute Gasteiger partial charge is 0.508 e. The van der Waals surface area contributed by atoms with Gasteiger partial charge in [0.05, 0.1) is 0 Å². The van der Waals surface area contributed by atoms with E-state index in [9.17, 15) is 18.3 Å². The molecular weight excluding hydrogens is 283 g/mol. The van der Waals surface area contributed by atoms with Gasteiger partial charge in [0.25, 0.3) is 0 Å². The highest BCUT2D eigenvalue weighted by atomic mass is 19.4. The Morgan fingerprint density at radius 2 is 1.90 bits per heavy atom. The fourth-order valence-electron chi connectivity index (χ4n) is 1.94. The van der Waals surface area contributed by atoms with E-state index in [0.717, 1.165) is 17.7 Å². The number of alkyl halides is 3. The first-order chi connectivity index (χ1) is 9.79. The van der Waals surface area contributed by atoms with Crippen molar-refractivity contribution in [3.8, 4) is 11.5 Å². The molecule has 0 aliphatic heterocycles. The molecule has 0 aliphatic rings. The first-order valence-corrected chi connectivity index (χ1v) is 6.16. The van der Waals surface area contributed by atoms with Crippen LogP contribution in [0.15, 0.2) is 36.4 Å². The van der Waals surface area contributed by atoms with Gasteiger partial charge in [-0.25, -0.2) is 0 Å². The number of phenolic OH excluding ortho intramolecular Hbond substituents is 1. The van der Waals surface area contributed by atoms with Crippen LogP contribution in [0.2, 0.25) is 0 Å². The van der Waals surface area contributed by atoms with Crippen molar-refractivity contribution in [1.82, 2.24) is 0 Å². The van der Waals surface area contributed by atoms with E-state index in [2.05, 4.69) is 0 Å². The third-order valence-corrected chi connectivity index (χ3v) is 3.09. The molecule has 0 fully saturated rings. The monoisotopic (exact) mass is 297 g/mol. The Morgan fingerprint density at radius 1 is 1.19 bits per heavy atom. The third kappa shape index (κ3) is 3.39. The Morgan fingerprint density at radius 3 is 2.52 bits per heavy atom. The molecule has 0 radical (unpaired) electrons. The summed E-state index contributed by atoms with van der Waals surface area (Å²) in [6.07, 6.45) is -4.61. The molecule has 0 aliphatic carbocycles. The molecule has 0 amide bonds. The van der Waals surface area contributed by atoms with Gasteiger partial charge in [0, 0.05) is 11.3 Å². The van der Waals surface area contributed by atoms with Crippen LogP contribution in [0.5, 0.6) is 11.5 Å². The quantitative estimate of drug-likeness (QED) is 0.845. The Balaban J connectivity index is 2.29. The molecule has 0 bridgehead atoms. The Labute approximate surface area is 119 Å². The third-order valence-electron chi connectivity index (χ3n) is 3.09. The van der Waals surface area contributed by atoms with Crippen molar-refractivity contribution in [3.63, 3.8) is 0 Å². The number of halogens is 3. The number of benzene rings is 2. The first kappa shape index (κ1) is 15.0. The zero-order valence-electron chi connectivity index (χ0n) is 11.2. The molecule has 0 atom stereocenters. The average Bonchev–Trinajstić information content (AvgIpc) is 2.38. The summed E-state index contributed by atoms with van der Waals surface area (Å²) in [5.74, 6) is -0.812. The van der Waals surface area contributed by atoms with E-state index in [4.69, 9.17) is 10.5 Å². The highest BCUT2D eigenvalue weighted by molar-refractivity contribution is 5.50. The fourth-order valence-corrected chi connectivity index (χ4v) is 1.94. The summed E-state index contributed by atoms with van der Waals surface area (Å²) in [4.78, 5) is 0. The van der Waals surface area contributed by atoms with Gasteiger partial charge in [-0.2, -0.15) is 13.2 Å². The maximum Gasteiger partial charge on any atom is 0.420 e. The lowest BCUT2D eigenvalue weighted by Crippen LogP contribution is -2.09. The van der Waals surface area contributed by atoms with Crippen LogP contribution < -0.4 is 10.5 Å². The van der Waals surface area contributed by atoms with Crippen LogP contribution in [0.1, 0.15) is 16.7 Å². The van der Waals surface area contributed by atoms with Gasteiger partial charge in [-0.3, -0.25) is 0 Å². The van der Waals surface area contributed by atoms with Crippen LogP contribution in [-0.2, 0) is 12.8 Å². The molecular formula is C15H14F3NO2. The Bertz CT molecular complexity index is 634. The van der Waals surface area contributed by atoms with E-state index >= 15 is 0 Å². The molecule has 2 rings (SSSR count). The van der Waals surface area contributed by atoms with Crippen molar-refractivity contribution in [2.75, 3.05) is 5.73 Å². The van der Waals surface area contributed by atoms with Gasteiger partial charge in [0.2, 0.25) is 0 Å². The topological polar surface area (TPSA) is 55.5 Å². The van der Waals surface area contributed by atoms with Crippen molar-refractivity contribution in [2.24, 2.45) is 0 Å². The van der Waals surface area contributed by atoms with Gasteiger partial charge in [-0.05, 0) is 36.8 Å².